The summed E-state index contributed by atoms with van der Waals surface area (Å²) >= 11 is 11.6. The molecule has 176 valence electrons. The van der Waals surface area contributed by atoms with Crippen molar-refractivity contribution in [1.82, 2.24) is 5.32 Å². The zero-order valence-corrected chi connectivity index (χ0v) is 19.7. The average molecular weight is 513 g/mol. The van der Waals surface area contributed by atoms with Gasteiger partial charge in [-0.3, -0.25) is 9.10 Å². The summed E-state index contributed by atoms with van der Waals surface area (Å²) in [4.78, 5) is 12.5. The number of carbonyl (C=O) groups is 1. The van der Waals surface area contributed by atoms with Crippen molar-refractivity contribution < 1.29 is 31.1 Å². The van der Waals surface area contributed by atoms with Crippen LogP contribution in [0.5, 0.6) is 5.75 Å². The molecule has 2 aromatic rings. The molecule has 2 rings (SSSR count). The highest BCUT2D eigenvalue weighted by atomic mass is 35.5. The minimum absolute atomic E-state index is 0.0285. The number of anilines is 1. The summed E-state index contributed by atoms with van der Waals surface area (Å²) in [7, 11) is -4.10. The maximum absolute atomic E-state index is 13.2. The Kier molecular flexibility index (Phi) is 8.30. The smallest absolute Gasteiger partial charge is 0.417 e. The third kappa shape index (κ3) is 6.66. The molecule has 0 heterocycles. The number of nitrogens with zero attached hydrogens (tertiary/aromatic N) is 1. The Morgan fingerprint density at radius 2 is 1.81 bits per heavy atom. The number of sulfonamides is 1. The monoisotopic (exact) mass is 512 g/mol. The summed E-state index contributed by atoms with van der Waals surface area (Å²) in [6, 6.07) is 6.39. The standard InChI is InChI=1S/C20H21Cl2F3N2O4S/c1-12-4-6-15(11-18(12)22)31-9-8-26-19(28)13(2)27(32(3,29)30)14-5-7-17(21)16(10-14)20(23,24)25/h4-7,10-11,13H,8-9H2,1-3H3,(H,26,28)/t13-/m1/s1. The van der Waals surface area contributed by atoms with E-state index < -0.39 is 38.7 Å². The number of ether oxygens (including phenoxy) is 1. The van der Waals surface area contributed by atoms with Crippen LogP contribution < -0.4 is 14.4 Å². The minimum atomic E-state index is -4.79. The molecule has 1 amide bonds. The van der Waals surface area contributed by atoms with Crippen molar-refractivity contribution in [3.8, 4) is 5.75 Å². The largest absolute Gasteiger partial charge is 0.492 e. The topological polar surface area (TPSA) is 75.7 Å². The highest BCUT2D eigenvalue weighted by Gasteiger charge is 2.36. The first-order valence-electron chi connectivity index (χ1n) is 9.24. The lowest BCUT2D eigenvalue weighted by atomic mass is 10.1. The van der Waals surface area contributed by atoms with Crippen LogP contribution in [0.4, 0.5) is 18.9 Å². The Balaban J connectivity index is 2.12. The van der Waals surface area contributed by atoms with Gasteiger partial charge in [0.2, 0.25) is 15.9 Å². The fourth-order valence-electron chi connectivity index (χ4n) is 2.83. The number of rotatable bonds is 8. The van der Waals surface area contributed by atoms with Crippen molar-refractivity contribution >= 4 is 44.8 Å². The predicted octanol–water partition coefficient (Wildman–Crippen LogP) is 4.67. The van der Waals surface area contributed by atoms with E-state index in [-0.39, 0.29) is 18.8 Å². The second kappa shape index (κ2) is 10.2. The molecule has 0 aromatic heterocycles. The summed E-state index contributed by atoms with van der Waals surface area (Å²) in [5.74, 6) is -0.231. The van der Waals surface area contributed by atoms with Crippen molar-refractivity contribution in [3.05, 3.63) is 57.6 Å². The lowest BCUT2D eigenvalue weighted by Gasteiger charge is -2.29. The van der Waals surface area contributed by atoms with Gasteiger partial charge in [-0.1, -0.05) is 29.3 Å². The van der Waals surface area contributed by atoms with Gasteiger partial charge in [0.05, 0.1) is 29.1 Å². The molecule has 0 aliphatic rings. The van der Waals surface area contributed by atoms with Crippen molar-refractivity contribution in [1.29, 1.82) is 0 Å². The van der Waals surface area contributed by atoms with Gasteiger partial charge in [-0.25, -0.2) is 8.42 Å². The number of carbonyl (C=O) groups excluding carboxylic acids is 1. The van der Waals surface area contributed by atoms with Crippen LogP contribution in [-0.2, 0) is 21.0 Å². The number of aryl methyl sites for hydroxylation is 1. The molecule has 0 radical (unpaired) electrons. The number of hydrogen-bond acceptors (Lipinski definition) is 4. The summed E-state index contributed by atoms with van der Waals surface area (Å²) in [6.07, 6.45) is -4.00. The first-order valence-corrected chi connectivity index (χ1v) is 11.8. The zero-order chi connectivity index (χ0) is 24.3. The number of amides is 1. The van der Waals surface area contributed by atoms with Gasteiger partial charge >= 0.3 is 6.18 Å². The molecular weight excluding hydrogens is 492 g/mol. The molecule has 6 nitrogen and oxygen atoms in total. The summed E-state index contributed by atoms with van der Waals surface area (Å²) in [5.41, 5.74) is -0.668. The maximum Gasteiger partial charge on any atom is 0.417 e. The van der Waals surface area contributed by atoms with E-state index in [2.05, 4.69) is 5.32 Å². The molecule has 0 aliphatic carbocycles. The van der Waals surface area contributed by atoms with Crippen LogP contribution in [0, 0.1) is 6.92 Å². The lowest BCUT2D eigenvalue weighted by Crippen LogP contribution is -2.48. The number of nitrogens with one attached hydrogen (secondary N) is 1. The lowest BCUT2D eigenvalue weighted by molar-refractivity contribution is -0.137. The van der Waals surface area contributed by atoms with Crippen molar-refractivity contribution in [2.45, 2.75) is 26.1 Å². The second-order valence-electron chi connectivity index (χ2n) is 6.95. The molecular formula is C20H21Cl2F3N2O4S. The molecule has 0 saturated carbocycles. The van der Waals surface area contributed by atoms with Gasteiger partial charge in [-0.2, -0.15) is 13.2 Å². The van der Waals surface area contributed by atoms with Gasteiger partial charge in [-0.15, -0.1) is 0 Å². The van der Waals surface area contributed by atoms with E-state index >= 15 is 0 Å². The number of halogens is 5. The molecule has 1 atom stereocenters. The minimum Gasteiger partial charge on any atom is -0.492 e. The normalized spacial score (nSPS) is 12.9. The van der Waals surface area contributed by atoms with E-state index in [0.29, 0.717) is 21.1 Å². The molecule has 32 heavy (non-hydrogen) atoms. The molecule has 0 saturated heterocycles. The Morgan fingerprint density at radius 1 is 1.16 bits per heavy atom. The van der Waals surface area contributed by atoms with E-state index in [4.69, 9.17) is 27.9 Å². The van der Waals surface area contributed by atoms with E-state index in [9.17, 15) is 26.4 Å². The first-order chi connectivity index (χ1) is 14.7. The van der Waals surface area contributed by atoms with E-state index in [1.807, 2.05) is 6.92 Å². The van der Waals surface area contributed by atoms with Crippen LogP contribution in [-0.4, -0.2) is 39.8 Å². The van der Waals surface area contributed by atoms with Crippen LogP contribution in [0.3, 0.4) is 0 Å². The quantitative estimate of drug-likeness (QED) is 0.521. The summed E-state index contributed by atoms with van der Waals surface area (Å²) < 4.78 is 70.2. The van der Waals surface area contributed by atoms with Gasteiger partial charge in [0.15, 0.2) is 0 Å². The SMILES string of the molecule is Cc1ccc(OCCNC(=O)[C@@H](C)N(c2ccc(Cl)c(C(F)(F)F)c2)S(C)(=O)=O)cc1Cl. The van der Waals surface area contributed by atoms with Crippen molar-refractivity contribution in [3.63, 3.8) is 0 Å². The Hall–Kier alpha value is -2.17. The zero-order valence-electron chi connectivity index (χ0n) is 17.3. The molecule has 2 aromatic carbocycles. The molecule has 0 spiro atoms. The Labute approximate surface area is 194 Å². The summed E-state index contributed by atoms with van der Waals surface area (Å²) in [5, 5.41) is 2.44. The molecule has 0 bridgehead atoms. The van der Waals surface area contributed by atoms with Crippen LogP contribution in [0.2, 0.25) is 10.0 Å². The number of alkyl halides is 3. The fourth-order valence-corrected chi connectivity index (χ4v) is 4.39. The third-order valence-corrected chi connectivity index (χ3v) is 6.39. The fraction of sp³-hybridized carbons (Fsp3) is 0.350. The van der Waals surface area contributed by atoms with Gasteiger partial charge in [0.1, 0.15) is 18.4 Å². The molecule has 0 aliphatic heterocycles. The second-order valence-corrected chi connectivity index (χ2v) is 9.62. The van der Waals surface area contributed by atoms with Crippen LogP contribution in [0.1, 0.15) is 18.1 Å². The van der Waals surface area contributed by atoms with Crippen molar-refractivity contribution in [2.75, 3.05) is 23.7 Å². The van der Waals surface area contributed by atoms with Gasteiger partial charge in [0.25, 0.3) is 0 Å². The van der Waals surface area contributed by atoms with Crippen LogP contribution >= 0.6 is 23.2 Å². The van der Waals surface area contributed by atoms with Crippen LogP contribution in [0.25, 0.3) is 0 Å². The van der Waals surface area contributed by atoms with Crippen LogP contribution in [0.15, 0.2) is 36.4 Å². The number of benzene rings is 2. The molecule has 1 N–H and O–H groups in total. The Morgan fingerprint density at radius 3 is 2.38 bits per heavy atom. The van der Waals surface area contributed by atoms with Gasteiger partial charge in [0, 0.05) is 5.02 Å². The average Bonchev–Trinajstić information content (AvgIpc) is 2.67. The first kappa shape index (κ1) is 26.1. The highest BCUT2D eigenvalue weighted by molar-refractivity contribution is 7.92. The molecule has 0 fully saturated rings. The van der Waals surface area contributed by atoms with E-state index in [1.54, 1.807) is 18.2 Å². The van der Waals surface area contributed by atoms with Crippen molar-refractivity contribution in [2.24, 2.45) is 0 Å². The molecule has 12 heteroatoms. The van der Waals surface area contributed by atoms with E-state index in [1.165, 1.54) is 6.92 Å². The van der Waals surface area contributed by atoms with Gasteiger partial charge < -0.3 is 10.1 Å². The summed E-state index contributed by atoms with van der Waals surface area (Å²) in [6.45, 7) is 3.19. The highest BCUT2D eigenvalue weighted by Crippen LogP contribution is 2.37. The predicted molar refractivity (Wildman–Crippen MR) is 118 cm³/mol. The Bertz CT molecular complexity index is 1090. The van der Waals surface area contributed by atoms with E-state index in [0.717, 1.165) is 24.0 Å². The van der Waals surface area contributed by atoms with Gasteiger partial charge in [-0.05, 0) is 49.7 Å². The third-order valence-electron chi connectivity index (χ3n) is 4.41. The number of hydrogen-bond donors (Lipinski definition) is 1. The maximum atomic E-state index is 13.2. The molecule has 0 unspecified atom stereocenters.